The van der Waals surface area contributed by atoms with Crippen LogP contribution in [0.25, 0.3) is 0 Å². The highest BCUT2D eigenvalue weighted by Crippen LogP contribution is 2.14. The molecule has 0 spiro atoms. The number of hydrogen-bond donors (Lipinski definition) is 1. The molecular weight excluding hydrogens is 679 g/mol. The van der Waals surface area contributed by atoms with Crippen LogP contribution in [0.15, 0.2) is 60.8 Å². The number of aliphatic carboxylic acids is 1. The van der Waals surface area contributed by atoms with Crippen molar-refractivity contribution >= 4 is 17.9 Å². The first-order valence-corrected chi connectivity index (χ1v) is 21.4. The summed E-state index contributed by atoms with van der Waals surface area (Å²) < 4.78 is 17.2. The lowest BCUT2D eigenvalue weighted by Gasteiger charge is -2.31. The SMILES string of the molecule is CCC/C=C/C=C/C=C/C=C/C=C/CCCCCCCC(=O)OCC(COCCC(C(=O)O)[N+](C)(C)C)OC(=O)CCCCCCCCCCCCCC. The van der Waals surface area contributed by atoms with Crippen LogP contribution in [0.4, 0.5) is 0 Å². The molecule has 0 rings (SSSR count). The van der Waals surface area contributed by atoms with Crippen LogP contribution in [0, 0.1) is 0 Å². The zero-order valence-electron chi connectivity index (χ0n) is 35.2. The predicted molar refractivity (Wildman–Crippen MR) is 224 cm³/mol. The standard InChI is InChI=1S/C46H79NO7/c1-6-8-10-12-14-16-18-20-21-22-23-24-25-27-28-30-32-34-36-44(48)53-41-42(40-52-39-38-43(46(50)51)47(3,4)5)54-45(49)37-35-33-31-29-26-19-17-15-13-11-9-7-2/h10,12,14,16,18,20-24,42-43H,6-9,11,13,15,17,19,25-41H2,1-5H3/p+1/b12-10+,16-14+,20-18+,22-21+,24-23+. The van der Waals surface area contributed by atoms with Crippen molar-refractivity contribution in [1.29, 1.82) is 0 Å². The zero-order valence-corrected chi connectivity index (χ0v) is 35.2. The number of allylic oxidation sites excluding steroid dienone is 10. The summed E-state index contributed by atoms with van der Waals surface area (Å²) in [5, 5.41) is 9.60. The normalized spacial score (nSPS) is 13.6. The Morgan fingerprint density at radius 1 is 0.556 bits per heavy atom. The van der Waals surface area contributed by atoms with Gasteiger partial charge in [-0.05, 0) is 32.1 Å². The van der Waals surface area contributed by atoms with E-state index < -0.39 is 18.1 Å². The maximum absolute atomic E-state index is 12.7. The Morgan fingerprint density at radius 3 is 1.52 bits per heavy atom. The lowest BCUT2D eigenvalue weighted by Crippen LogP contribution is -2.50. The fourth-order valence-electron chi connectivity index (χ4n) is 5.94. The summed E-state index contributed by atoms with van der Waals surface area (Å²) in [4.78, 5) is 36.9. The second-order valence-corrected chi connectivity index (χ2v) is 15.4. The van der Waals surface area contributed by atoms with E-state index in [4.69, 9.17) is 14.2 Å². The molecule has 0 aromatic carbocycles. The number of carboxylic acids is 1. The Bertz CT molecular complexity index is 1070. The van der Waals surface area contributed by atoms with Crippen LogP contribution in [0.5, 0.6) is 0 Å². The average Bonchev–Trinajstić information content (AvgIpc) is 3.12. The zero-order chi connectivity index (χ0) is 40.0. The summed E-state index contributed by atoms with van der Waals surface area (Å²) in [6.07, 6.45) is 43.9. The smallest absolute Gasteiger partial charge is 0.362 e. The van der Waals surface area contributed by atoms with E-state index in [1.54, 1.807) is 0 Å². The second-order valence-electron chi connectivity index (χ2n) is 15.4. The Balaban J connectivity index is 4.41. The predicted octanol–water partition coefficient (Wildman–Crippen LogP) is 11.4. The van der Waals surface area contributed by atoms with E-state index in [9.17, 15) is 19.5 Å². The van der Waals surface area contributed by atoms with Crippen LogP contribution in [0.1, 0.15) is 162 Å². The van der Waals surface area contributed by atoms with Gasteiger partial charge in [-0.2, -0.15) is 0 Å². The molecule has 0 aromatic rings. The first kappa shape index (κ1) is 51.0. The van der Waals surface area contributed by atoms with Crippen molar-refractivity contribution in [3.05, 3.63) is 60.8 Å². The minimum absolute atomic E-state index is 0.0518. The molecule has 1 N–H and O–H groups in total. The van der Waals surface area contributed by atoms with E-state index in [-0.39, 0.29) is 36.2 Å². The lowest BCUT2D eigenvalue weighted by molar-refractivity contribution is -0.887. The first-order valence-electron chi connectivity index (χ1n) is 21.4. The summed E-state index contributed by atoms with van der Waals surface area (Å²) in [7, 11) is 5.51. The monoisotopic (exact) mass is 759 g/mol. The molecular formula is C46H80NO7+. The first-order chi connectivity index (χ1) is 26.1. The molecule has 54 heavy (non-hydrogen) atoms. The quantitative estimate of drug-likeness (QED) is 0.0291. The number of nitrogens with zero attached hydrogens (tertiary/aromatic N) is 1. The van der Waals surface area contributed by atoms with Gasteiger partial charge in [-0.3, -0.25) is 9.59 Å². The van der Waals surface area contributed by atoms with Gasteiger partial charge >= 0.3 is 17.9 Å². The fraction of sp³-hybridized carbons (Fsp3) is 0.717. The molecule has 0 aromatic heterocycles. The Morgan fingerprint density at radius 2 is 1.02 bits per heavy atom. The maximum Gasteiger partial charge on any atom is 0.362 e. The summed E-state index contributed by atoms with van der Waals surface area (Å²) in [6, 6.07) is -0.619. The molecule has 2 atom stereocenters. The van der Waals surface area contributed by atoms with Crippen molar-refractivity contribution in [3.8, 4) is 0 Å². The molecule has 0 aliphatic carbocycles. The van der Waals surface area contributed by atoms with Crippen molar-refractivity contribution in [2.75, 3.05) is 41.0 Å². The Hall–Kier alpha value is -2.97. The minimum atomic E-state index is -0.881. The van der Waals surface area contributed by atoms with Crippen LogP contribution in [-0.2, 0) is 28.6 Å². The molecule has 0 heterocycles. The van der Waals surface area contributed by atoms with Gasteiger partial charge in [0, 0.05) is 19.3 Å². The van der Waals surface area contributed by atoms with Crippen molar-refractivity contribution in [3.63, 3.8) is 0 Å². The summed E-state index contributed by atoms with van der Waals surface area (Å²) in [6.45, 7) is 4.61. The third-order valence-electron chi connectivity index (χ3n) is 9.28. The van der Waals surface area contributed by atoms with Gasteiger partial charge in [0.25, 0.3) is 0 Å². The Kier molecular flexibility index (Phi) is 34.9. The van der Waals surface area contributed by atoms with Crippen molar-refractivity contribution in [2.45, 2.75) is 174 Å². The largest absolute Gasteiger partial charge is 0.477 e. The van der Waals surface area contributed by atoms with Gasteiger partial charge in [-0.1, -0.05) is 171 Å². The molecule has 0 aliphatic rings. The van der Waals surface area contributed by atoms with Crippen LogP contribution in [0.3, 0.4) is 0 Å². The van der Waals surface area contributed by atoms with E-state index in [2.05, 4.69) is 38.2 Å². The molecule has 0 saturated carbocycles. The maximum atomic E-state index is 12.7. The number of carbonyl (C=O) groups is 3. The van der Waals surface area contributed by atoms with Crippen LogP contribution in [0.2, 0.25) is 0 Å². The second kappa shape index (κ2) is 37.0. The highest BCUT2D eigenvalue weighted by atomic mass is 16.6. The van der Waals surface area contributed by atoms with Crippen molar-refractivity contribution in [2.24, 2.45) is 0 Å². The number of esters is 2. The van der Waals surface area contributed by atoms with Crippen LogP contribution >= 0.6 is 0 Å². The van der Waals surface area contributed by atoms with Gasteiger partial charge in [-0.25, -0.2) is 4.79 Å². The topological polar surface area (TPSA) is 99.1 Å². The fourth-order valence-corrected chi connectivity index (χ4v) is 5.94. The molecule has 0 fully saturated rings. The molecule has 0 aliphatic heterocycles. The van der Waals surface area contributed by atoms with E-state index in [0.29, 0.717) is 19.3 Å². The third-order valence-corrected chi connectivity index (χ3v) is 9.28. The molecule has 0 bridgehead atoms. The van der Waals surface area contributed by atoms with E-state index in [1.807, 2.05) is 57.6 Å². The minimum Gasteiger partial charge on any atom is -0.477 e. The average molecular weight is 759 g/mol. The number of ether oxygens (including phenoxy) is 3. The van der Waals surface area contributed by atoms with Gasteiger partial charge in [0.2, 0.25) is 0 Å². The molecule has 8 nitrogen and oxygen atoms in total. The number of carboxylic acid groups (broad SMARTS) is 1. The number of quaternary nitrogens is 1. The van der Waals surface area contributed by atoms with Crippen molar-refractivity contribution < 1.29 is 38.2 Å². The molecule has 0 radical (unpaired) electrons. The summed E-state index contributed by atoms with van der Waals surface area (Å²) >= 11 is 0. The van der Waals surface area contributed by atoms with E-state index >= 15 is 0 Å². The van der Waals surface area contributed by atoms with Gasteiger partial charge in [-0.15, -0.1) is 0 Å². The molecule has 0 saturated heterocycles. The van der Waals surface area contributed by atoms with Gasteiger partial charge in [0.15, 0.2) is 12.1 Å². The Labute approximate surface area is 330 Å². The molecule has 2 unspecified atom stereocenters. The van der Waals surface area contributed by atoms with Gasteiger partial charge in [0.1, 0.15) is 6.61 Å². The molecule has 0 amide bonds. The van der Waals surface area contributed by atoms with Gasteiger partial charge in [0.05, 0.1) is 34.4 Å². The van der Waals surface area contributed by atoms with Crippen molar-refractivity contribution in [1.82, 2.24) is 0 Å². The highest BCUT2D eigenvalue weighted by molar-refractivity contribution is 5.72. The number of hydrogen-bond acceptors (Lipinski definition) is 6. The highest BCUT2D eigenvalue weighted by Gasteiger charge is 2.31. The lowest BCUT2D eigenvalue weighted by atomic mass is 10.0. The van der Waals surface area contributed by atoms with Crippen LogP contribution < -0.4 is 0 Å². The summed E-state index contributed by atoms with van der Waals surface area (Å²) in [5.74, 6) is -1.50. The third kappa shape index (κ3) is 34.8. The number of unbranched alkanes of at least 4 members (excludes halogenated alkanes) is 17. The molecule has 310 valence electrons. The van der Waals surface area contributed by atoms with E-state index in [0.717, 1.165) is 64.2 Å². The number of rotatable bonds is 37. The number of likely N-dealkylation sites (N-methyl/N-ethyl adjacent to an activating group) is 1. The van der Waals surface area contributed by atoms with Gasteiger partial charge < -0.3 is 23.8 Å². The number of carbonyl (C=O) groups excluding carboxylic acids is 2. The molecule has 8 heteroatoms. The van der Waals surface area contributed by atoms with Crippen LogP contribution in [-0.4, -0.2) is 80.6 Å². The van der Waals surface area contributed by atoms with E-state index in [1.165, 1.54) is 64.2 Å². The summed E-state index contributed by atoms with van der Waals surface area (Å²) in [5.41, 5.74) is 0.